The molecule has 1 aliphatic heterocycles. The average molecular weight is 223 g/mol. The van der Waals surface area contributed by atoms with Crippen LogP contribution in [-0.4, -0.2) is 37.2 Å². The van der Waals surface area contributed by atoms with Gasteiger partial charge in [-0.15, -0.1) is 0 Å². The van der Waals surface area contributed by atoms with Gasteiger partial charge in [-0.05, 0) is 24.3 Å². The van der Waals surface area contributed by atoms with Crippen molar-refractivity contribution in [2.45, 2.75) is 0 Å². The Hall–Kier alpha value is -1.62. The fourth-order valence-electron chi connectivity index (χ4n) is 1.46. The normalized spacial score (nSPS) is 15.9. The zero-order chi connectivity index (χ0) is 11.4. The molecule has 0 atom stereocenters. The second-order valence-corrected chi connectivity index (χ2v) is 3.48. The van der Waals surface area contributed by atoms with Gasteiger partial charge in [-0.2, -0.15) is 0 Å². The number of hydrogen-bond donors (Lipinski definition) is 0. The summed E-state index contributed by atoms with van der Waals surface area (Å²) in [5.41, 5.74) is 0. The third kappa shape index (κ3) is 2.70. The van der Waals surface area contributed by atoms with E-state index in [1.54, 1.807) is 4.90 Å². The van der Waals surface area contributed by atoms with Gasteiger partial charge in [0.25, 0.3) is 0 Å². The standard InChI is InChI=1S/C11H12FN2O2/c12-9-1-3-10(4-2-9)16-11(15)14-7-5-13-6-8-14/h1-4H,5-8H2. The van der Waals surface area contributed by atoms with E-state index in [1.165, 1.54) is 24.3 Å². The van der Waals surface area contributed by atoms with Crippen LogP contribution in [0.5, 0.6) is 5.75 Å². The molecule has 0 aliphatic carbocycles. The molecule has 1 aromatic rings. The van der Waals surface area contributed by atoms with Crippen molar-refractivity contribution >= 4 is 6.09 Å². The largest absolute Gasteiger partial charge is 0.415 e. The number of carbonyl (C=O) groups is 1. The van der Waals surface area contributed by atoms with E-state index >= 15 is 0 Å². The first kappa shape index (κ1) is 10.9. The van der Waals surface area contributed by atoms with Gasteiger partial charge in [0.05, 0.1) is 0 Å². The Kier molecular flexibility index (Phi) is 3.36. The molecular weight excluding hydrogens is 211 g/mol. The maximum Gasteiger partial charge on any atom is 0.415 e. The van der Waals surface area contributed by atoms with Gasteiger partial charge in [-0.25, -0.2) is 14.5 Å². The lowest BCUT2D eigenvalue weighted by atomic mass is 10.3. The number of nitrogens with zero attached hydrogens (tertiary/aromatic N) is 2. The summed E-state index contributed by atoms with van der Waals surface area (Å²) in [6, 6.07) is 5.38. The number of piperazine rings is 1. The maximum atomic E-state index is 12.6. The molecule has 1 aliphatic rings. The minimum absolute atomic E-state index is 0.350. The Morgan fingerprint density at radius 2 is 1.88 bits per heavy atom. The Labute approximate surface area is 93.0 Å². The average Bonchev–Trinajstić information content (AvgIpc) is 2.33. The molecule has 0 spiro atoms. The molecule has 0 N–H and O–H groups in total. The zero-order valence-corrected chi connectivity index (χ0v) is 8.73. The number of hydrogen-bond acceptors (Lipinski definition) is 2. The van der Waals surface area contributed by atoms with Crippen molar-refractivity contribution in [3.8, 4) is 5.75 Å². The van der Waals surface area contributed by atoms with Gasteiger partial charge in [0, 0.05) is 26.2 Å². The second kappa shape index (κ2) is 4.94. The highest BCUT2D eigenvalue weighted by Gasteiger charge is 2.18. The maximum absolute atomic E-state index is 12.6. The lowest BCUT2D eigenvalue weighted by molar-refractivity contribution is 0.145. The highest BCUT2D eigenvalue weighted by molar-refractivity contribution is 5.70. The Bertz CT molecular complexity index is 361. The smallest absolute Gasteiger partial charge is 0.410 e. The van der Waals surface area contributed by atoms with Crippen LogP contribution in [0.1, 0.15) is 0 Å². The summed E-state index contributed by atoms with van der Waals surface area (Å²) in [6.45, 7) is 2.47. The molecule has 0 saturated carbocycles. The van der Waals surface area contributed by atoms with E-state index in [9.17, 15) is 9.18 Å². The van der Waals surface area contributed by atoms with E-state index in [-0.39, 0.29) is 5.82 Å². The van der Waals surface area contributed by atoms with Crippen LogP contribution in [-0.2, 0) is 0 Å². The molecule has 85 valence electrons. The molecule has 0 aromatic heterocycles. The lowest BCUT2D eigenvalue weighted by Crippen LogP contribution is -2.45. The first-order valence-corrected chi connectivity index (χ1v) is 5.11. The molecule has 1 saturated heterocycles. The third-order valence-electron chi connectivity index (χ3n) is 2.33. The number of carbonyl (C=O) groups excluding carboxylic acids is 1. The van der Waals surface area contributed by atoms with Crippen molar-refractivity contribution in [2.24, 2.45) is 0 Å². The van der Waals surface area contributed by atoms with Gasteiger partial charge in [0.2, 0.25) is 0 Å². The molecule has 0 unspecified atom stereocenters. The van der Waals surface area contributed by atoms with Crippen LogP contribution in [0, 0.1) is 5.82 Å². The molecule has 16 heavy (non-hydrogen) atoms. The van der Waals surface area contributed by atoms with Crippen LogP contribution in [0.15, 0.2) is 24.3 Å². The van der Waals surface area contributed by atoms with Crippen molar-refractivity contribution in [3.05, 3.63) is 30.1 Å². The van der Waals surface area contributed by atoms with E-state index < -0.39 is 6.09 Å². The number of amides is 1. The summed E-state index contributed by atoms with van der Waals surface area (Å²) in [5, 5.41) is 4.13. The minimum Gasteiger partial charge on any atom is -0.410 e. The van der Waals surface area contributed by atoms with E-state index in [0.29, 0.717) is 31.9 Å². The molecule has 1 aromatic carbocycles. The summed E-state index contributed by atoms with van der Waals surface area (Å²) in [5.74, 6) is 0.00508. The quantitative estimate of drug-likeness (QED) is 0.719. The first-order chi connectivity index (χ1) is 7.75. The first-order valence-electron chi connectivity index (χ1n) is 5.11. The molecule has 1 fully saturated rings. The van der Waals surface area contributed by atoms with Crippen molar-refractivity contribution in [3.63, 3.8) is 0 Å². The van der Waals surface area contributed by atoms with Crippen LogP contribution >= 0.6 is 0 Å². The van der Waals surface area contributed by atoms with Crippen LogP contribution in [0.4, 0.5) is 9.18 Å². The predicted molar refractivity (Wildman–Crippen MR) is 55.9 cm³/mol. The highest BCUT2D eigenvalue weighted by atomic mass is 19.1. The summed E-state index contributed by atoms with van der Waals surface area (Å²) < 4.78 is 17.7. The van der Waals surface area contributed by atoms with Crippen LogP contribution in [0.3, 0.4) is 0 Å². The minimum atomic E-state index is -0.401. The number of ether oxygens (including phenoxy) is 1. The zero-order valence-electron chi connectivity index (χ0n) is 8.73. The molecular formula is C11H12FN2O2. The van der Waals surface area contributed by atoms with Crippen LogP contribution < -0.4 is 10.1 Å². The van der Waals surface area contributed by atoms with Gasteiger partial charge in [0.15, 0.2) is 0 Å². The Balaban J connectivity index is 1.93. The molecule has 0 bridgehead atoms. The van der Waals surface area contributed by atoms with Gasteiger partial charge in [-0.1, -0.05) is 0 Å². The summed E-state index contributed by atoms with van der Waals surface area (Å²) in [4.78, 5) is 13.2. The fraction of sp³-hybridized carbons (Fsp3) is 0.364. The molecule has 1 heterocycles. The topological polar surface area (TPSA) is 43.6 Å². The fourth-order valence-corrected chi connectivity index (χ4v) is 1.46. The van der Waals surface area contributed by atoms with Crippen molar-refractivity contribution in [1.82, 2.24) is 10.2 Å². The van der Waals surface area contributed by atoms with E-state index in [1.807, 2.05) is 0 Å². The van der Waals surface area contributed by atoms with Crippen molar-refractivity contribution in [2.75, 3.05) is 26.2 Å². The van der Waals surface area contributed by atoms with E-state index in [2.05, 4.69) is 5.32 Å². The second-order valence-electron chi connectivity index (χ2n) is 3.48. The van der Waals surface area contributed by atoms with Crippen LogP contribution in [0.2, 0.25) is 0 Å². The third-order valence-corrected chi connectivity index (χ3v) is 2.33. The van der Waals surface area contributed by atoms with Gasteiger partial charge < -0.3 is 9.64 Å². The SMILES string of the molecule is O=C(Oc1ccc(F)cc1)N1CC[N]CC1. The summed E-state index contributed by atoms with van der Waals surface area (Å²) in [7, 11) is 0. The van der Waals surface area contributed by atoms with Crippen molar-refractivity contribution < 1.29 is 13.9 Å². The number of rotatable bonds is 1. The number of benzene rings is 1. The molecule has 4 nitrogen and oxygen atoms in total. The highest BCUT2D eigenvalue weighted by Crippen LogP contribution is 2.12. The molecule has 2 rings (SSSR count). The molecule has 1 radical (unpaired) electrons. The van der Waals surface area contributed by atoms with E-state index in [0.717, 1.165) is 0 Å². The molecule has 1 amide bonds. The summed E-state index contributed by atoms with van der Waals surface area (Å²) in [6.07, 6.45) is -0.401. The predicted octanol–water partition coefficient (Wildman–Crippen LogP) is 1.24. The van der Waals surface area contributed by atoms with Crippen molar-refractivity contribution in [1.29, 1.82) is 0 Å². The lowest BCUT2D eigenvalue weighted by Gasteiger charge is -2.25. The Morgan fingerprint density at radius 1 is 1.25 bits per heavy atom. The van der Waals surface area contributed by atoms with Gasteiger partial charge in [0.1, 0.15) is 11.6 Å². The monoisotopic (exact) mass is 223 g/mol. The Morgan fingerprint density at radius 3 is 2.50 bits per heavy atom. The summed E-state index contributed by atoms with van der Waals surface area (Å²) >= 11 is 0. The number of halogens is 1. The van der Waals surface area contributed by atoms with Gasteiger partial charge >= 0.3 is 6.09 Å². The van der Waals surface area contributed by atoms with Gasteiger partial charge in [-0.3, -0.25) is 0 Å². The van der Waals surface area contributed by atoms with E-state index in [4.69, 9.17) is 4.74 Å². The van der Waals surface area contributed by atoms with Crippen LogP contribution in [0.25, 0.3) is 0 Å². The molecule has 5 heteroatoms.